The summed E-state index contributed by atoms with van der Waals surface area (Å²) < 4.78 is 5.84. The summed E-state index contributed by atoms with van der Waals surface area (Å²) in [5.41, 5.74) is 0.743. The number of hydrogen-bond donors (Lipinski definition) is 0. The van der Waals surface area contributed by atoms with Gasteiger partial charge in [-0.25, -0.2) is 4.98 Å². The number of aromatic nitrogens is 2. The maximum atomic E-state index is 12.8. The lowest BCUT2D eigenvalue weighted by Gasteiger charge is -2.32. The zero-order valence-electron chi connectivity index (χ0n) is 13.8. The first-order chi connectivity index (χ1) is 12.3. The highest BCUT2D eigenvalue weighted by atomic mass is 16.5. The topological polar surface area (TPSA) is 55.3 Å². The average molecular weight is 333 g/mol. The molecule has 1 aliphatic rings. The first kappa shape index (κ1) is 15.6. The fraction of sp³-hybridized carbons (Fsp3) is 0.250. The lowest BCUT2D eigenvalue weighted by molar-refractivity contribution is 0.0587. The first-order valence-electron chi connectivity index (χ1n) is 8.50. The molecule has 0 unspecified atom stereocenters. The molecule has 0 N–H and O–H groups in total. The molecule has 1 fully saturated rings. The van der Waals surface area contributed by atoms with Gasteiger partial charge in [-0.15, -0.1) is 0 Å². The van der Waals surface area contributed by atoms with Gasteiger partial charge in [-0.2, -0.15) is 0 Å². The fourth-order valence-electron chi connectivity index (χ4n) is 3.20. The summed E-state index contributed by atoms with van der Waals surface area (Å²) in [5, 5.41) is 2.24. The summed E-state index contributed by atoms with van der Waals surface area (Å²) in [4.78, 5) is 22.8. The molecule has 2 aromatic carbocycles. The van der Waals surface area contributed by atoms with Gasteiger partial charge in [0, 0.05) is 43.9 Å². The number of piperidine rings is 1. The van der Waals surface area contributed by atoms with Crippen LogP contribution in [0.3, 0.4) is 0 Å². The Kier molecular flexibility index (Phi) is 4.29. The van der Waals surface area contributed by atoms with Crippen LogP contribution in [0.5, 0.6) is 5.88 Å². The van der Waals surface area contributed by atoms with E-state index in [0.29, 0.717) is 19.0 Å². The van der Waals surface area contributed by atoms with E-state index in [9.17, 15) is 4.79 Å². The summed E-state index contributed by atoms with van der Waals surface area (Å²) in [6, 6.07) is 14.0. The Bertz CT molecular complexity index is 874. The van der Waals surface area contributed by atoms with E-state index < -0.39 is 0 Å². The summed E-state index contributed by atoms with van der Waals surface area (Å²) >= 11 is 0. The molecule has 1 aromatic heterocycles. The second-order valence-electron chi connectivity index (χ2n) is 6.21. The van der Waals surface area contributed by atoms with Crippen molar-refractivity contribution in [2.45, 2.75) is 18.9 Å². The summed E-state index contributed by atoms with van der Waals surface area (Å²) in [6.07, 6.45) is 6.54. The maximum Gasteiger partial charge on any atom is 0.253 e. The maximum absolute atomic E-state index is 12.8. The van der Waals surface area contributed by atoms with E-state index in [2.05, 4.69) is 16.0 Å². The van der Waals surface area contributed by atoms with Gasteiger partial charge in [-0.05, 0) is 22.9 Å². The van der Waals surface area contributed by atoms with E-state index >= 15 is 0 Å². The van der Waals surface area contributed by atoms with Gasteiger partial charge in [0.1, 0.15) is 6.10 Å². The largest absolute Gasteiger partial charge is 0.473 e. The smallest absolute Gasteiger partial charge is 0.253 e. The van der Waals surface area contributed by atoms with Crippen LogP contribution in [0, 0.1) is 0 Å². The lowest BCUT2D eigenvalue weighted by atomic mass is 10.0. The molecule has 0 spiro atoms. The molecule has 1 amide bonds. The van der Waals surface area contributed by atoms with Gasteiger partial charge in [0.2, 0.25) is 5.88 Å². The van der Waals surface area contributed by atoms with Gasteiger partial charge in [-0.3, -0.25) is 9.78 Å². The third kappa shape index (κ3) is 3.45. The number of rotatable bonds is 3. The van der Waals surface area contributed by atoms with Crippen LogP contribution in [-0.2, 0) is 0 Å². The van der Waals surface area contributed by atoms with E-state index in [1.807, 2.05) is 41.3 Å². The molecule has 5 heteroatoms. The Morgan fingerprint density at radius 1 is 1.04 bits per heavy atom. The van der Waals surface area contributed by atoms with Gasteiger partial charge < -0.3 is 9.64 Å². The van der Waals surface area contributed by atoms with E-state index in [0.717, 1.165) is 29.2 Å². The lowest BCUT2D eigenvalue weighted by Crippen LogP contribution is -2.41. The number of benzene rings is 2. The highest BCUT2D eigenvalue weighted by Crippen LogP contribution is 2.20. The highest BCUT2D eigenvalue weighted by Gasteiger charge is 2.25. The molecule has 25 heavy (non-hydrogen) atoms. The molecule has 2 heterocycles. The third-order valence-corrected chi connectivity index (χ3v) is 4.55. The van der Waals surface area contributed by atoms with Crippen LogP contribution in [0.15, 0.2) is 61.1 Å². The minimum absolute atomic E-state index is 0.0809. The molecule has 5 nitrogen and oxygen atoms in total. The van der Waals surface area contributed by atoms with Crippen molar-refractivity contribution < 1.29 is 9.53 Å². The second kappa shape index (κ2) is 6.89. The SMILES string of the molecule is O=C(c1ccc2ccccc2c1)N1CCC(Oc2cnccn2)CC1. The van der Waals surface area contributed by atoms with E-state index in [-0.39, 0.29) is 12.0 Å². The van der Waals surface area contributed by atoms with Crippen LogP contribution in [-0.4, -0.2) is 40.0 Å². The molecule has 3 aromatic rings. The van der Waals surface area contributed by atoms with Crippen LogP contribution in [0.2, 0.25) is 0 Å². The van der Waals surface area contributed by atoms with Crippen LogP contribution < -0.4 is 4.74 Å². The van der Waals surface area contributed by atoms with Crippen molar-refractivity contribution in [3.8, 4) is 5.88 Å². The number of nitrogens with zero attached hydrogens (tertiary/aromatic N) is 3. The van der Waals surface area contributed by atoms with Crippen LogP contribution in [0.4, 0.5) is 0 Å². The van der Waals surface area contributed by atoms with E-state index in [1.54, 1.807) is 18.6 Å². The van der Waals surface area contributed by atoms with Crippen LogP contribution in [0.25, 0.3) is 10.8 Å². The molecule has 0 saturated carbocycles. The number of hydrogen-bond acceptors (Lipinski definition) is 4. The minimum atomic E-state index is 0.0809. The Morgan fingerprint density at radius 2 is 1.84 bits per heavy atom. The molecular weight excluding hydrogens is 314 g/mol. The van der Waals surface area contributed by atoms with Crippen molar-refractivity contribution in [3.05, 3.63) is 66.6 Å². The number of likely N-dealkylation sites (tertiary alicyclic amines) is 1. The second-order valence-corrected chi connectivity index (χ2v) is 6.21. The van der Waals surface area contributed by atoms with Crippen molar-refractivity contribution in [3.63, 3.8) is 0 Å². The van der Waals surface area contributed by atoms with E-state index in [1.165, 1.54) is 0 Å². The van der Waals surface area contributed by atoms with Gasteiger partial charge in [-0.1, -0.05) is 30.3 Å². The molecule has 0 radical (unpaired) electrons. The molecule has 0 atom stereocenters. The Morgan fingerprint density at radius 3 is 2.60 bits per heavy atom. The monoisotopic (exact) mass is 333 g/mol. The van der Waals surface area contributed by atoms with Crippen molar-refractivity contribution >= 4 is 16.7 Å². The number of fused-ring (bicyclic) bond motifs is 1. The first-order valence-corrected chi connectivity index (χ1v) is 8.50. The normalized spacial score (nSPS) is 15.3. The standard InChI is InChI=1S/C20H19N3O2/c24-20(17-6-5-15-3-1-2-4-16(15)13-17)23-11-7-18(8-12-23)25-19-14-21-9-10-22-19/h1-6,9-10,13-14,18H,7-8,11-12H2. The predicted octanol–water partition coefficient (Wildman–Crippen LogP) is 3.31. The quantitative estimate of drug-likeness (QED) is 0.738. The average Bonchev–Trinajstić information content (AvgIpc) is 2.68. The zero-order chi connectivity index (χ0) is 17.1. The van der Waals surface area contributed by atoms with Crippen molar-refractivity contribution in [1.29, 1.82) is 0 Å². The van der Waals surface area contributed by atoms with E-state index in [4.69, 9.17) is 4.74 Å². The van der Waals surface area contributed by atoms with Gasteiger partial charge in [0.05, 0.1) is 6.20 Å². The van der Waals surface area contributed by atoms with Crippen LogP contribution >= 0.6 is 0 Å². The fourth-order valence-corrected chi connectivity index (χ4v) is 3.20. The Hall–Kier alpha value is -2.95. The van der Waals surface area contributed by atoms with Crippen LogP contribution in [0.1, 0.15) is 23.2 Å². The van der Waals surface area contributed by atoms with Gasteiger partial charge in [0.15, 0.2) is 0 Å². The molecule has 1 aliphatic heterocycles. The molecule has 126 valence electrons. The third-order valence-electron chi connectivity index (χ3n) is 4.55. The molecule has 4 rings (SSSR count). The van der Waals surface area contributed by atoms with Crippen molar-refractivity contribution in [2.24, 2.45) is 0 Å². The molecule has 0 bridgehead atoms. The number of carbonyl (C=O) groups excluding carboxylic acids is 1. The van der Waals surface area contributed by atoms with Crippen molar-refractivity contribution in [2.75, 3.05) is 13.1 Å². The minimum Gasteiger partial charge on any atom is -0.473 e. The molecule has 0 aliphatic carbocycles. The van der Waals surface area contributed by atoms with Crippen molar-refractivity contribution in [1.82, 2.24) is 14.9 Å². The predicted molar refractivity (Wildman–Crippen MR) is 95.5 cm³/mol. The molecule has 1 saturated heterocycles. The molecular formula is C20H19N3O2. The summed E-state index contributed by atoms with van der Waals surface area (Å²) in [6.45, 7) is 1.38. The van der Waals surface area contributed by atoms with Gasteiger partial charge >= 0.3 is 0 Å². The Labute approximate surface area is 146 Å². The number of amides is 1. The summed E-state index contributed by atoms with van der Waals surface area (Å²) in [5.74, 6) is 0.630. The Balaban J connectivity index is 1.40. The number of ether oxygens (including phenoxy) is 1. The number of carbonyl (C=O) groups is 1. The van der Waals surface area contributed by atoms with Gasteiger partial charge in [0.25, 0.3) is 5.91 Å². The summed E-state index contributed by atoms with van der Waals surface area (Å²) in [7, 11) is 0. The zero-order valence-corrected chi connectivity index (χ0v) is 13.8. The highest BCUT2D eigenvalue weighted by molar-refractivity contribution is 5.98.